The Morgan fingerprint density at radius 3 is 2.54 bits per heavy atom. The molecule has 1 aliphatic rings. The Kier molecular flexibility index (Phi) is 8.99. The van der Waals surface area contributed by atoms with Gasteiger partial charge in [-0.1, -0.05) is 15.9 Å². The van der Waals surface area contributed by atoms with E-state index in [0.717, 1.165) is 16.7 Å². The normalized spacial score (nSPS) is 14.4. The van der Waals surface area contributed by atoms with Crippen LogP contribution in [0.4, 0.5) is 4.79 Å². The van der Waals surface area contributed by atoms with Crippen LogP contribution in [0.2, 0.25) is 0 Å². The number of hydrogen-bond acceptors (Lipinski definition) is 10. The fourth-order valence-electron chi connectivity index (χ4n) is 2.99. The second kappa shape index (κ2) is 11.9. The SMILES string of the molecule is CCOC(=O)COc1cc(Br)c(/C=C2/SC(=O)N(Cc3ccc(C(=O)OC)o3)C2=O)cc1OCC. The molecular weight excluding hydrogens is 546 g/mol. The number of hydrogen-bond donors (Lipinski definition) is 0. The molecule has 1 aliphatic heterocycles. The summed E-state index contributed by atoms with van der Waals surface area (Å²) >= 11 is 4.21. The second-order valence-electron chi connectivity index (χ2n) is 6.87. The summed E-state index contributed by atoms with van der Waals surface area (Å²) in [7, 11) is 1.22. The average Bonchev–Trinajstić information content (AvgIpc) is 3.40. The number of thioether (sulfide) groups is 1. The third-order valence-corrected chi connectivity index (χ3v) is 6.13. The molecule has 1 aromatic carbocycles. The molecule has 1 saturated heterocycles. The van der Waals surface area contributed by atoms with Gasteiger partial charge in [0.25, 0.3) is 11.1 Å². The first-order valence-electron chi connectivity index (χ1n) is 10.4. The molecule has 2 heterocycles. The Bertz CT molecular complexity index is 1170. The molecule has 0 atom stereocenters. The van der Waals surface area contributed by atoms with Crippen molar-refractivity contribution in [3.05, 3.63) is 50.7 Å². The standard InChI is InChI=1S/C23H22BrNO9S/c1-4-31-17-8-13(15(24)10-18(17)33-12-20(26)32-5-2)9-19-21(27)25(23(29)35-19)11-14-6-7-16(34-14)22(28)30-3/h6-10H,4-5,11-12H2,1-3H3/b19-9+. The highest BCUT2D eigenvalue weighted by Crippen LogP contribution is 2.38. The van der Waals surface area contributed by atoms with E-state index in [4.69, 9.17) is 18.6 Å². The van der Waals surface area contributed by atoms with E-state index in [1.165, 1.54) is 19.2 Å². The molecular formula is C23H22BrNO9S. The van der Waals surface area contributed by atoms with Crippen LogP contribution in [0, 0.1) is 0 Å². The van der Waals surface area contributed by atoms with Crippen molar-refractivity contribution in [2.45, 2.75) is 20.4 Å². The minimum Gasteiger partial charge on any atom is -0.490 e. The summed E-state index contributed by atoms with van der Waals surface area (Å²) < 4.78 is 26.5. The number of carbonyl (C=O) groups is 4. The number of esters is 2. The van der Waals surface area contributed by atoms with Crippen molar-refractivity contribution in [3.8, 4) is 11.5 Å². The minimum absolute atomic E-state index is 0.0253. The van der Waals surface area contributed by atoms with Gasteiger partial charge in [-0.3, -0.25) is 14.5 Å². The van der Waals surface area contributed by atoms with Gasteiger partial charge in [0.2, 0.25) is 5.76 Å². The van der Waals surface area contributed by atoms with Gasteiger partial charge in [0.1, 0.15) is 5.76 Å². The molecule has 0 bridgehead atoms. The number of amides is 2. The number of carbonyl (C=O) groups excluding carboxylic acids is 4. The molecule has 3 rings (SSSR count). The fraction of sp³-hybridized carbons (Fsp3) is 0.304. The van der Waals surface area contributed by atoms with Crippen molar-refractivity contribution in [1.29, 1.82) is 0 Å². The molecule has 0 saturated carbocycles. The third kappa shape index (κ3) is 6.45. The summed E-state index contributed by atoms with van der Waals surface area (Å²) in [5.41, 5.74) is 0.563. The number of halogens is 1. The molecule has 0 N–H and O–H groups in total. The molecule has 1 aromatic heterocycles. The highest BCUT2D eigenvalue weighted by Gasteiger charge is 2.36. The van der Waals surface area contributed by atoms with Crippen LogP contribution in [-0.4, -0.2) is 54.9 Å². The van der Waals surface area contributed by atoms with Crippen LogP contribution in [0.1, 0.15) is 35.7 Å². The smallest absolute Gasteiger partial charge is 0.373 e. The minimum atomic E-state index is -0.657. The van der Waals surface area contributed by atoms with Crippen LogP contribution >= 0.6 is 27.7 Å². The topological polar surface area (TPSA) is 122 Å². The zero-order valence-electron chi connectivity index (χ0n) is 19.1. The summed E-state index contributed by atoms with van der Waals surface area (Å²) in [4.78, 5) is 49.8. The highest BCUT2D eigenvalue weighted by molar-refractivity contribution is 9.10. The summed E-state index contributed by atoms with van der Waals surface area (Å²) in [6.07, 6.45) is 1.55. The molecule has 12 heteroatoms. The van der Waals surface area contributed by atoms with Crippen LogP contribution < -0.4 is 9.47 Å². The highest BCUT2D eigenvalue weighted by atomic mass is 79.9. The van der Waals surface area contributed by atoms with Crippen LogP contribution in [0.15, 0.2) is 38.1 Å². The van der Waals surface area contributed by atoms with Gasteiger partial charge in [-0.15, -0.1) is 0 Å². The maximum Gasteiger partial charge on any atom is 0.373 e. The molecule has 0 unspecified atom stereocenters. The summed E-state index contributed by atoms with van der Waals surface area (Å²) in [6, 6.07) is 6.15. The number of nitrogens with zero attached hydrogens (tertiary/aromatic N) is 1. The summed E-state index contributed by atoms with van der Waals surface area (Å²) in [5, 5.41) is -0.479. The molecule has 0 aliphatic carbocycles. The van der Waals surface area contributed by atoms with E-state index in [1.807, 2.05) is 0 Å². The molecule has 1 fully saturated rings. The Morgan fingerprint density at radius 2 is 1.86 bits per heavy atom. The van der Waals surface area contributed by atoms with E-state index in [2.05, 4.69) is 20.7 Å². The summed E-state index contributed by atoms with van der Waals surface area (Å²) in [5.74, 6) is -0.773. The number of rotatable bonds is 10. The van der Waals surface area contributed by atoms with E-state index in [0.29, 0.717) is 28.1 Å². The monoisotopic (exact) mass is 567 g/mol. The van der Waals surface area contributed by atoms with Crippen LogP contribution in [0.3, 0.4) is 0 Å². The zero-order valence-corrected chi connectivity index (χ0v) is 21.5. The maximum atomic E-state index is 12.9. The first kappa shape index (κ1) is 26.4. The van der Waals surface area contributed by atoms with Crippen LogP contribution in [0.5, 0.6) is 11.5 Å². The van der Waals surface area contributed by atoms with E-state index in [-0.39, 0.29) is 36.2 Å². The predicted octanol–water partition coefficient (Wildman–Crippen LogP) is 4.41. The number of imide groups is 1. The van der Waals surface area contributed by atoms with E-state index in [9.17, 15) is 19.2 Å². The Balaban J connectivity index is 1.80. The molecule has 0 spiro atoms. The number of methoxy groups -OCH3 is 1. The number of ether oxygens (including phenoxy) is 4. The van der Waals surface area contributed by atoms with Crippen molar-refractivity contribution < 1.29 is 42.5 Å². The summed E-state index contributed by atoms with van der Waals surface area (Å²) in [6.45, 7) is 3.65. The lowest BCUT2D eigenvalue weighted by molar-refractivity contribution is -0.145. The Hall–Kier alpha value is -3.25. The Labute approximate surface area is 213 Å². The molecule has 186 valence electrons. The first-order chi connectivity index (χ1) is 16.8. The molecule has 35 heavy (non-hydrogen) atoms. The average molecular weight is 568 g/mol. The lowest BCUT2D eigenvalue weighted by Gasteiger charge is -2.14. The second-order valence-corrected chi connectivity index (χ2v) is 8.72. The van der Waals surface area contributed by atoms with Gasteiger partial charge in [0.05, 0.1) is 31.8 Å². The lowest BCUT2D eigenvalue weighted by Crippen LogP contribution is -2.27. The first-order valence-corrected chi connectivity index (χ1v) is 12.0. The molecule has 0 radical (unpaired) electrons. The largest absolute Gasteiger partial charge is 0.490 e. The van der Waals surface area contributed by atoms with Crippen molar-refractivity contribution in [2.75, 3.05) is 26.9 Å². The fourth-order valence-corrected chi connectivity index (χ4v) is 4.25. The van der Waals surface area contributed by atoms with Crippen molar-refractivity contribution >= 4 is 56.9 Å². The molecule has 2 aromatic rings. The molecule has 10 nitrogen and oxygen atoms in total. The molecule has 2 amide bonds. The Morgan fingerprint density at radius 1 is 1.11 bits per heavy atom. The lowest BCUT2D eigenvalue weighted by atomic mass is 10.1. The number of furan rings is 1. The van der Waals surface area contributed by atoms with E-state index < -0.39 is 23.1 Å². The van der Waals surface area contributed by atoms with E-state index in [1.54, 1.807) is 32.1 Å². The predicted molar refractivity (Wildman–Crippen MR) is 129 cm³/mol. The van der Waals surface area contributed by atoms with Crippen LogP contribution in [-0.2, 0) is 25.6 Å². The third-order valence-electron chi connectivity index (χ3n) is 4.54. The van der Waals surface area contributed by atoms with Crippen LogP contribution in [0.25, 0.3) is 6.08 Å². The number of benzene rings is 1. The van der Waals surface area contributed by atoms with Gasteiger partial charge in [0.15, 0.2) is 18.1 Å². The quantitative estimate of drug-likeness (QED) is 0.301. The van der Waals surface area contributed by atoms with Gasteiger partial charge in [-0.05, 0) is 61.5 Å². The van der Waals surface area contributed by atoms with Crippen molar-refractivity contribution in [3.63, 3.8) is 0 Å². The maximum absolute atomic E-state index is 12.9. The van der Waals surface area contributed by atoms with Gasteiger partial charge in [-0.25, -0.2) is 9.59 Å². The zero-order chi connectivity index (χ0) is 25.5. The van der Waals surface area contributed by atoms with Gasteiger partial charge >= 0.3 is 11.9 Å². The van der Waals surface area contributed by atoms with E-state index >= 15 is 0 Å². The van der Waals surface area contributed by atoms with Crippen molar-refractivity contribution in [1.82, 2.24) is 4.90 Å². The van der Waals surface area contributed by atoms with Gasteiger partial charge in [-0.2, -0.15) is 0 Å². The van der Waals surface area contributed by atoms with Gasteiger partial charge in [0, 0.05) is 4.47 Å². The van der Waals surface area contributed by atoms with Crippen molar-refractivity contribution in [2.24, 2.45) is 0 Å². The van der Waals surface area contributed by atoms with Gasteiger partial charge < -0.3 is 23.4 Å².